The molecule has 0 aliphatic heterocycles. The van der Waals surface area contributed by atoms with Gasteiger partial charge in [-0.25, -0.2) is 0 Å². The van der Waals surface area contributed by atoms with Crippen LogP contribution in [0.25, 0.3) is 0 Å². The van der Waals surface area contributed by atoms with Crippen molar-refractivity contribution >= 4 is 5.97 Å². The average Bonchev–Trinajstić information content (AvgIpc) is 2.80. The molecule has 0 radical (unpaired) electrons. The lowest BCUT2D eigenvalue weighted by Gasteiger charge is -2.22. The van der Waals surface area contributed by atoms with Crippen molar-refractivity contribution in [3.05, 3.63) is 0 Å². The lowest BCUT2D eigenvalue weighted by Crippen LogP contribution is -2.28. The van der Waals surface area contributed by atoms with E-state index in [0.717, 1.165) is 12.8 Å². The van der Waals surface area contributed by atoms with Gasteiger partial charge in [0.25, 0.3) is 0 Å². The zero-order valence-corrected chi connectivity index (χ0v) is 7.19. The van der Waals surface area contributed by atoms with Crippen LogP contribution in [0.2, 0.25) is 0 Å². The third kappa shape index (κ3) is 1.22. The van der Waals surface area contributed by atoms with Crippen LogP contribution in [0.3, 0.4) is 0 Å². The summed E-state index contributed by atoms with van der Waals surface area (Å²) < 4.78 is 4.69. The zero-order chi connectivity index (χ0) is 8.72. The van der Waals surface area contributed by atoms with Crippen LogP contribution >= 0.6 is 0 Å². The van der Waals surface area contributed by atoms with Crippen molar-refractivity contribution in [2.75, 3.05) is 7.11 Å². The van der Waals surface area contributed by atoms with Crippen LogP contribution in [0, 0.1) is 17.8 Å². The van der Waals surface area contributed by atoms with E-state index in [2.05, 4.69) is 4.74 Å². The quantitative estimate of drug-likeness (QED) is 0.585. The second-order valence-corrected chi connectivity index (χ2v) is 3.91. The molecule has 1 unspecified atom stereocenters. The molecule has 68 valence electrons. The highest BCUT2D eigenvalue weighted by atomic mass is 16.5. The smallest absolute Gasteiger partial charge is 0.309 e. The monoisotopic (exact) mass is 170 g/mol. The van der Waals surface area contributed by atoms with Crippen LogP contribution in [0.1, 0.15) is 19.3 Å². The molecule has 0 aromatic heterocycles. The molecule has 3 nitrogen and oxygen atoms in total. The summed E-state index contributed by atoms with van der Waals surface area (Å²) in [7, 11) is 1.42. The van der Waals surface area contributed by atoms with Gasteiger partial charge in [-0.3, -0.25) is 4.79 Å². The van der Waals surface area contributed by atoms with Crippen molar-refractivity contribution in [1.82, 2.24) is 0 Å². The number of hydrogen-bond donors (Lipinski definition) is 1. The van der Waals surface area contributed by atoms with Crippen molar-refractivity contribution in [1.29, 1.82) is 0 Å². The van der Waals surface area contributed by atoms with Gasteiger partial charge >= 0.3 is 5.97 Å². The van der Waals surface area contributed by atoms with Crippen molar-refractivity contribution in [3.63, 3.8) is 0 Å². The Morgan fingerprint density at radius 2 is 2.17 bits per heavy atom. The third-order valence-corrected chi connectivity index (χ3v) is 3.10. The molecule has 0 heterocycles. The van der Waals surface area contributed by atoms with Gasteiger partial charge in [-0.05, 0) is 31.1 Å². The first kappa shape index (κ1) is 8.05. The number of hydrogen-bond acceptors (Lipinski definition) is 3. The predicted molar refractivity (Wildman–Crippen MR) is 42.3 cm³/mol. The Balaban J connectivity index is 2.01. The van der Waals surface area contributed by atoms with Gasteiger partial charge in [0.15, 0.2) is 0 Å². The normalized spacial score (nSPS) is 44.8. The standard InChI is InChI=1S/C9H14O3/c1-12-9(11)8-4-6(10)2-5-3-7(5)8/h5-8,10H,2-4H2,1H3/t5?,6-,7-,8-/m1/s1. The minimum atomic E-state index is -0.280. The van der Waals surface area contributed by atoms with Crippen LogP contribution in [0.15, 0.2) is 0 Å². The summed E-state index contributed by atoms with van der Waals surface area (Å²) in [5, 5.41) is 9.41. The predicted octanol–water partition coefficient (Wildman–Crippen LogP) is 0.566. The van der Waals surface area contributed by atoms with E-state index in [9.17, 15) is 9.90 Å². The fourth-order valence-electron chi connectivity index (χ4n) is 2.37. The van der Waals surface area contributed by atoms with Gasteiger partial charge in [-0.1, -0.05) is 0 Å². The third-order valence-electron chi connectivity index (χ3n) is 3.10. The lowest BCUT2D eigenvalue weighted by atomic mass is 9.87. The second-order valence-electron chi connectivity index (χ2n) is 3.91. The second kappa shape index (κ2) is 2.73. The first-order chi connectivity index (χ1) is 5.72. The fraction of sp³-hybridized carbons (Fsp3) is 0.889. The van der Waals surface area contributed by atoms with Gasteiger partial charge in [0.2, 0.25) is 0 Å². The summed E-state index contributed by atoms with van der Waals surface area (Å²) in [6, 6.07) is 0. The largest absolute Gasteiger partial charge is 0.469 e. The molecule has 0 bridgehead atoms. The number of rotatable bonds is 1. The number of aliphatic hydroxyl groups is 1. The minimum Gasteiger partial charge on any atom is -0.469 e. The maximum atomic E-state index is 11.2. The maximum Gasteiger partial charge on any atom is 0.309 e. The summed E-state index contributed by atoms with van der Waals surface area (Å²) in [6.45, 7) is 0. The Bertz CT molecular complexity index is 202. The maximum absolute atomic E-state index is 11.2. The Morgan fingerprint density at radius 1 is 1.42 bits per heavy atom. The summed E-state index contributed by atoms with van der Waals surface area (Å²) >= 11 is 0. The van der Waals surface area contributed by atoms with Gasteiger partial charge in [0.05, 0.1) is 19.1 Å². The number of methoxy groups -OCH3 is 1. The topological polar surface area (TPSA) is 46.5 Å². The molecule has 2 aliphatic carbocycles. The van der Waals surface area contributed by atoms with Crippen molar-refractivity contribution in [2.45, 2.75) is 25.4 Å². The number of ether oxygens (including phenoxy) is 1. The van der Waals surface area contributed by atoms with Gasteiger partial charge in [0.1, 0.15) is 0 Å². The van der Waals surface area contributed by atoms with Crippen LogP contribution in [-0.2, 0) is 9.53 Å². The van der Waals surface area contributed by atoms with E-state index in [1.807, 2.05) is 0 Å². The van der Waals surface area contributed by atoms with Crippen molar-refractivity contribution in [2.24, 2.45) is 17.8 Å². The van der Waals surface area contributed by atoms with E-state index >= 15 is 0 Å². The van der Waals surface area contributed by atoms with Crippen molar-refractivity contribution in [3.8, 4) is 0 Å². The van der Waals surface area contributed by atoms with E-state index in [1.165, 1.54) is 7.11 Å². The molecule has 0 spiro atoms. The average molecular weight is 170 g/mol. The van der Waals surface area contributed by atoms with Gasteiger partial charge < -0.3 is 9.84 Å². The molecule has 2 saturated carbocycles. The Labute approximate surface area is 71.7 Å². The highest BCUT2D eigenvalue weighted by Crippen LogP contribution is 2.53. The minimum absolute atomic E-state index is 0.0243. The molecular weight excluding hydrogens is 156 g/mol. The highest BCUT2D eigenvalue weighted by Gasteiger charge is 2.51. The molecule has 12 heavy (non-hydrogen) atoms. The molecule has 3 heteroatoms. The number of carbonyl (C=O) groups is 1. The molecule has 0 saturated heterocycles. The van der Waals surface area contributed by atoms with E-state index in [-0.39, 0.29) is 18.0 Å². The first-order valence-electron chi connectivity index (χ1n) is 4.48. The Morgan fingerprint density at radius 3 is 2.83 bits per heavy atom. The summed E-state index contributed by atoms with van der Waals surface area (Å²) in [4.78, 5) is 11.2. The van der Waals surface area contributed by atoms with Crippen LogP contribution in [0.5, 0.6) is 0 Å². The molecular formula is C9H14O3. The number of esters is 1. The molecule has 0 aromatic carbocycles. The van der Waals surface area contributed by atoms with Gasteiger partial charge in [-0.2, -0.15) is 0 Å². The van der Waals surface area contributed by atoms with Crippen LogP contribution in [0.4, 0.5) is 0 Å². The molecule has 4 atom stereocenters. The van der Waals surface area contributed by atoms with Gasteiger partial charge in [0, 0.05) is 0 Å². The molecule has 2 fully saturated rings. The molecule has 0 amide bonds. The van der Waals surface area contributed by atoms with E-state index < -0.39 is 0 Å². The van der Waals surface area contributed by atoms with E-state index in [4.69, 9.17) is 0 Å². The number of carbonyl (C=O) groups excluding carboxylic acids is 1. The summed E-state index contributed by atoms with van der Waals surface area (Å²) in [5.74, 6) is 0.948. The van der Waals surface area contributed by atoms with Crippen LogP contribution < -0.4 is 0 Å². The highest BCUT2D eigenvalue weighted by molar-refractivity contribution is 5.73. The molecule has 2 rings (SSSR count). The SMILES string of the molecule is COC(=O)[C@@H]1C[C@H](O)CC2C[C@H]21. The first-order valence-corrected chi connectivity index (χ1v) is 4.48. The number of aliphatic hydroxyl groups excluding tert-OH is 1. The molecule has 0 aromatic rings. The van der Waals surface area contributed by atoms with E-state index in [0.29, 0.717) is 18.3 Å². The number of fused-ring (bicyclic) bond motifs is 1. The summed E-state index contributed by atoms with van der Waals surface area (Å²) in [5.41, 5.74) is 0. The molecule has 1 N–H and O–H groups in total. The fourth-order valence-corrected chi connectivity index (χ4v) is 2.37. The summed E-state index contributed by atoms with van der Waals surface area (Å²) in [6.07, 6.45) is 2.32. The zero-order valence-electron chi connectivity index (χ0n) is 7.19. The molecule has 2 aliphatic rings. The van der Waals surface area contributed by atoms with Crippen molar-refractivity contribution < 1.29 is 14.6 Å². The van der Waals surface area contributed by atoms with Gasteiger partial charge in [-0.15, -0.1) is 0 Å². The Kier molecular flexibility index (Phi) is 1.83. The van der Waals surface area contributed by atoms with E-state index in [1.54, 1.807) is 0 Å². The van der Waals surface area contributed by atoms with Crippen LogP contribution in [-0.4, -0.2) is 24.3 Å². The Hall–Kier alpha value is -0.570. The lowest BCUT2D eigenvalue weighted by molar-refractivity contribution is -0.148.